The highest BCUT2D eigenvalue weighted by atomic mass is 16.4. The van der Waals surface area contributed by atoms with Gasteiger partial charge in [-0.3, -0.25) is 9.59 Å². The van der Waals surface area contributed by atoms with Gasteiger partial charge in [-0.2, -0.15) is 0 Å². The first-order valence-electron chi connectivity index (χ1n) is 7.46. The maximum Gasteiger partial charge on any atom is 0.308 e. The van der Waals surface area contributed by atoms with Crippen molar-refractivity contribution in [1.29, 1.82) is 0 Å². The van der Waals surface area contributed by atoms with E-state index in [-0.39, 0.29) is 17.9 Å². The van der Waals surface area contributed by atoms with E-state index in [4.69, 9.17) is 5.11 Å². The predicted molar refractivity (Wildman–Crippen MR) is 83.3 cm³/mol. The summed E-state index contributed by atoms with van der Waals surface area (Å²) in [5.74, 6) is -1.48. The van der Waals surface area contributed by atoms with Gasteiger partial charge in [0.25, 0.3) is 0 Å². The van der Waals surface area contributed by atoms with Crippen molar-refractivity contribution in [3.8, 4) is 0 Å². The summed E-state index contributed by atoms with van der Waals surface area (Å²) in [5, 5.41) is 11.7. The van der Waals surface area contributed by atoms with Crippen molar-refractivity contribution in [3.63, 3.8) is 0 Å². The zero-order valence-electron chi connectivity index (χ0n) is 13.2. The molecule has 116 valence electrons. The molecule has 0 spiro atoms. The second-order valence-electron chi connectivity index (χ2n) is 5.68. The molecule has 3 atom stereocenters. The van der Waals surface area contributed by atoms with Gasteiger partial charge in [-0.05, 0) is 37.3 Å². The van der Waals surface area contributed by atoms with E-state index < -0.39 is 11.9 Å². The summed E-state index contributed by atoms with van der Waals surface area (Å²) >= 11 is 0. The van der Waals surface area contributed by atoms with Gasteiger partial charge in [-0.15, -0.1) is 0 Å². The highest BCUT2D eigenvalue weighted by Gasteiger charge is 2.21. The fourth-order valence-electron chi connectivity index (χ4n) is 2.13. The van der Waals surface area contributed by atoms with Crippen molar-refractivity contribution in [2.45, 2.75) is 52.5 Å². The summed E-state index contributed by atoms with van der Waals surface area (Å²) in [6, 6.07) is 7.91. The highest BCUT2D eigenvalue weighted by molar-refractivity contribution is 5.78. The Labute approximate surface area is 126 Å². The smallest absolute Gasteiger partial charge is 0.308 e. The second kappa shape index (κ2) is 7.81. The lowest BCUT2D eigenvalue weighted by molar-refractivity contribution is -0.142. The molecule has 0 saturated carbocycles. The van der Waals surface area contributed by atoms with E-state index in [2.05, 4.69) is 36.5 Å². The molecule has 1 rings (SSSR count). The zero-order valence-corrected chi connectivity index (χ0v) is 13.2. The van der Waals surface area contributed by atoms with Crippen molar-refractivity contribution < 1.29 is 14.7 Å². The number of aryl methyl sites for hydroxylation is 1. The molecule has 4 heteroatoms. The Kier molecular flexibility index (Phi) is 6.40. The van der Waals surface area contributed by atoms with Gasteiger partial charge >= 0.3 is 5.97 Å². The normalized spacial score (nSPS) is 15.0. The molecule has 0 saturated heterocycles. The molecule has 3 unspecified atom stereocenters. The minimum Gasteiger partial charge on any atom is -0.481 e. The average molecular weight is 291 g/mol. The van der Waals surface area contributed by atoms with Gasteiger partial charge in [-0.25, -0.2) is 0 Å². The van der Waals surface area contributed by atoms with Crippen molar-refractivity contribution in [2.24, 2.45) is 5.92 Å². The van der Waals surface area contributed by atoms with Crippen LogP contribution >= 0.6 is 0 Å². The lowest BCUT2D eigenvalue weighted by Gasteiger charge is -2.19. The third-order valence-electron chi connectivity index (χ3n) is 3.98. The molecule has 4 nitrogen and oxygen atoms in total. The number of amides is 1. The number of carboxylic acids is 1. The van der Waals surface area contributed by atoms with Crippen LogP contribution in [0.1, 0.15) is 51.2 Å². The number of hydrogen-bond donors (Lipinski definition) is 2. The van der Waals surface area contributed by atoms with Crippen LogP contribution in [0.2, 0.25) is 0 Å². The van der Waals surface area contributed by atoms with Gasteiger partial charge in [0.15, 0.2) is 0 Å². The number of nitrogens with one attached hydrogen (secondary N) is 1. The van der Waals surface area contributed by atoms with Gasteiger partial charge in [0.1, 0.15) is 0 Å². The summed E-state index contributed by atoms with van der Waals surface area (Å²) in [7, 11) is 0. The summed E-state index contributed by atoms with van der Waals surface area (Å²) in [4.78, 5) is 22.9. The van der Waals surface area contributed by atoms with Crippen LogP contribution in [-0.4, -0.2) is 23.0 Å². The maximum atomic E-state index is 12.0. The molecule has 0 aliphatic carbocycles. The first kappa shape index (κ1) is 17.2. The third-order valence-corrected chi connectivity index (χ3v) is 3.98. The zero-order chi connectivity index (χ0) is 16.0. The lowest BCUT2D eigenvalue weighted by Crippen LogP contribution is -2.40. The number of carboxylic acid groups (broad SMARTS) is 1. The third kappa shape index (κ3) is 5.21. The largest absolute Gasteiger partial charge is 0.481 e. The molecule has 0 bridgehead atoms. The molecule has 0 radical (unpaired) electrons. The molecule has 1 amide bonds. The topological polar surface area (TPSA) is 66.4 Å². The summed E-state index contributed by atoms with van der Waals surface area (Å²) < 4.78 is 0. The van der Waals surface area contributed by atoms with Gasteiger partial charge in [0, 0.05) is 12.5 Å². The minimum atomic E-state index is -0.897. The number of hydrogen-bond acceptors (Lipinski definition) is 2. The van der Waals surface area contributed by atoms with E-state index in [1.807, 2.05) is 6.92 Å². The number of carbonyl (C=O) groups excluding carboxylic acids is 1. The van der Waals surface area contributed by atoms with E-state index in [1.165, 1.54) is 5.56 Å². The summed E-state index contributed by atoms with van der Waals surface area (Å²) in [6.07, 6.45) is 1.36. The molecule has 0 heterocycles. The van der Waals surface area contributed by atoms with Crippen LogP contribution in [0.25, 0.3) is 0 Å². The maximum absolute atomic E-state index is 12.0. The molecule has 1 aromatic rings. The average Bonchev–Trinajstić information content (AvgIpc) is 2.46. The Morgan fingerprint density at radius 2 is 1.71 bits per heavy atom. The van der Waals surface area contributed by atoms with Crippen molar-refractivity contribution in [3.05, 3.63) is 35.4 Å². The Bertz CT molecular complexity index is 481. The van der Waals surface area contributed by atoms with E-state index in [9.17, 15) is 9.59 Å². The number of aliphatic carboxylic acids is 1. The first-order valence-corrected chi connectivity index (χ1v) is 7.46. The molecule has 21 heavy (non-hydrogen) atoms. The van der Waals surface area contributed by atoms with Crippen LogP contribution < -0.4 is 5.32 Å². The molecule has 0 aliphatic rings. The van der Waals surface area contributed by atoms with E-state index >= 15 is 0 Å². The standard InChI is InChI=1S/C17H25NO3/c1-5-14-6-8-15(9-7-14)11(2)10-16(19)18-13(4)12(3)17(20)21/h6-9,11-13H,5,10H2,1-4H3,(H,18,19)(H,20,21). The molecule has 1 aromatic carbocycles. The first-order chi connectivity index (χ1) is 9.85. The summed E-state index contributed by atoms with van der Waals surface area (Å²) in [5.41, 5.74) is 2.40. The van der Waals surface area contributed by atoms with Gasteiger partial charge in [0.2, 0.25) is 5.91 Å². The Balaban J connectivity index is 2.55. The van der Waals surface area contributed by atoms with Crippen molar-refractivity contribution in [1.82, 2.24) is 5.32 Å². The Morgan fingerprint density at radius 3 is 2.19 bits per heavy atom. The summed E-state index contributed by atoms with van der Waals surface area (Å²) in [6.45, 7) is 7.43. The monoisotopic (exact) mass is 291 g/mol. The van der Waals surface area contributed by atoms with Crippen LogP contribution in [0.3, 0.4) is 0 Å². The SMILES string of the molecule is CCc1ccc(C(C)CC(=O)NC(C)C(C)C(=O)O)cc1. The molecule has 0 aromatic heterocycles. The highest BCUT2D eigenvalue weighted by Crippen LogP contribution is 2.20. The number of rotatable bonds is 7. The van der Waals surface area contributed by atoms with Crippen LogP contribution in [0.15, 0.2) is 24.3 Å². The van der Waals surface area contributed by atoms with Crippen molar-refractivity contribution >= 4 is 11.9 Å². The molecule has 0 fully saturated rings. The molecule has 0 aliphatic heterocycles. The fourth-order valence-corrected chi connectivity index (χ4v) is 2.13. The van der Waals surface area contributed by atoms with Gasteiger partial charge in [0.05, 0.1) is 5.92 Å². The second-order valence-corrected chi connectivity index (χ2v) is 5.68. The van der Waals surface area contributed by atoms with Crippen LogP contribution in [0, 0.1) is 5.92 Å². The van der Waals surface area contributed by atoms with Crippen LogP contribution in [0.4, 0.5) is 0 Å². The molecule has 2 N–H and O–H groups in total. The minimum absolute atomic E-state index is 0.109. The number of carbonyl (C=O) groups is 2. The Morgan fingerprint density at radius 1 is 1.14 bits per heavy atom. The number of benzene rings is 1. The fraction of sp³-hybridized carbons (Fsp3) is 0.529. The van der Waals surface area contributed by atoms with Crippen molar-refractivity contribution in [2.75, 3.05) is 0 Å². The van der Waals surface area contributed by atoms with E-state index in [0.29, 0.717) is 6.42 Å². The van der Waals surface area contributed by atoms with E-state index in [0.717, 1.165) is 12.0 Å². The molecular formula is C17H25NO3. The van der Waals surface area contributed by atoms with Crippen LogP contribution in [0.5, 0.6) is 0 Å². The van der Waals surface area contributed by atoms with Gasteiger partial charge in [-0.1, -0.05) is 38.1 Å². The quantitative estimate of drug-likeness (QED) is 0.811. The Hall–Kier alpha value is -1.84. The lowest BCUT2D eigenvalue weighted by atomic mass is 9.95. The molecular weight excluding hydrogens is 266 g/mol. The predicted octanol–water partition coefficient (Wildman–Crippen LogP) is 2.97. The van der Waals surface area contributed by atoms with Gasteiger partial charge < -0.3 is 10.4 Å². The van der Waals surface area contributed by atoms with E-state index in [1.54, 1.807) is 13.8 Å². The van der Waals surface area contributed by atoms with Crippen LogP contribution in [-0.2, 0) is 16.0 Å².